The van der Waals surface area contributed by atoms with Gasteiger partial charge in [-0.15, -0.1) is 0 Å². The van der Waals surface area contributed by atoms with Crippen LogP contribution in [0.4, 0.5) is 4.39 Å². The van der Waals surface area contributed by atoms with E-state index in [4.69, 9.17) is 0 Å². The minimum atomic E-state index is -0.343. The predicted molar refractivity (Wildman–Crippen MR) is 90.1 cm³/mol. The van der Waals surface area contributed by atoms with Crippen LogP contribution in [0.15, 0.2) is 24.3 Å². The molecular formula is C19H25FN2O2. The number of carbonyl (C=O) groups is 2. The Morgan fingerprint density at radius 1 is 1.00 bits per heavy atom. The summed E-state index contributed by atoms with van der Waals surface area (Å²) < 4.78 is 13.0. The molecule has 1 saturated heterocycles. The van der Waals surface area contributed by atoms with Crippen LogP contribution in [0.5, 0.6) is 0 Å². The molecule has 2 amide bonds. The summed E-state index contributed by atoms with van der Waals surface area (Å²) in [6.45, 7) is 4.58. The molecule has 2 aliphatic rings. The minimum Gasteiger partial charge on any atom is -0.340 e. The van der Waals surface area contributed by atoms with Gasteiger partial charge >= 0.3 is 0 Å². The second kappa shape index (κ2) is 6.91. The van der Waals surface area contributed by atoms with Crippen molar-refractivity contribution in [3.8, 4) is 0 Å². The maximum atomic E-state index is 13.0. The second-order valence-electron chi connectivity index (χ2n) is 6.93. The molecule has 4 nitrogen and oxygen atoms in total. The minimum absolute atomic E-state index is 0.0850. The van der Waals surface area contributed by atoms with Gasteiger partial charge in [-0.05, 0) is 49.9 Å². The van der Waals surface area contributed by atoms with Gasteiger partial charge in [-0.25, -0.2) is 4.39 Å². The molecule has 24 heavy (non-hydrogen) atoms. The number of hydrogen-bond donors (Lipinski definition) is 0. The molecule has 0 spiro atoms. The third kappa shape index (κ3) is 3.17. The zero-order chi connectivity index (χ0) is 17.2. The van der Waals surface area contributed by atoms with Gasteiger partial charge in [-0.2, -0.15) is 0 Å². The Balaban J connectivity index is 1.63. The average Bonchev–Trinajstić information content (AvgIpc) is 2.80. The molecule has 0 radical (unpaired) electrons. The van der Waals surface area contributed by atoms with E-state index in [1.54, 1.807) is 4.90 Å². The normalized spacial score (nSPS) is 20.2. The number of nitrogens with zero attached hydrogens (tertiary/aromatic N) is 2. The van der Waals surface area contributed by atoms with Crippen molar-refractivity contribution in [1.82, 2.24) is 9.80 Å². The third-order valence-corrected chi connectivity index (χ3v) is 5.60. The van der Waals surface area contributed by atoms with Crippen molar-refractivity contribution in [2.45, 2.75) is 39.0 Å². The Kier molecular flexibility index (Phi) is 4.88. The fraction of sp³-hybridized carbons (Fsp3) is 0.579. The summed E-state index contributed by atoms with van der Waals surface area (Å²) in [5.41, 5.74) is 0.357. The van der Waals surface area contributed by atoms with Gasteiger partial charge in [0.25, 0.3) is 5.91 Å². The van der Waals surface area contributed by atoms with Crippen LogP contribution in [0.2, 0.25) is 0 Å². The van der Waals surface area contributed by atoms with E-state index in [9.17, 15) is 14.0 Å². The lowest BCUT2D eigenvalue weighted by atomic mass is 9.66. The van der Waals surface area contributed by atoms with Gasteiger partial charge in [-0.3, -0.25) is 9.59 Å². The van der Waals surface area contributed by atoms with Crippen LogP contribution >= 0.6 is 0 Å². The van der Waals surface area contributed by atoms with Gasteiger partial charge in [0, 0.05) is 37.2 Å². The maximum Gasteiger partial charge on any atom is 0.253 e. The first-order valence-corrected chi connectivity index (χ1v) is 8.90. The summed E-state index contributed by atoms with van der Waals surface area (Å²) >= 11 is 0. The quantitative estimate of drug-likeness (QED) is 0.853. The van der Waals surface area contributed by atoms with Gasteiger partial charge in [0.2, 0.25) is 5.91 Å². The molecule has 5 heteroatoms. The van der Waals surface area contributed by atoms with E-state index >= 15 is 0 Å². The summed E-state index contributed by atoms with van der Waals surface area (Å²) in [4.78, 5) is 29.1. The van der Waals surface area contributed by atoms with Crippen LogP contribution in [-0.4, -0.2) is 47.8 Å². The Morgan fingerprint density at radius 2 is 1.62 bits per heavy atom. The summed E-state index contributed by atoms with van der Waals surface area (Å²) in [7, 11) is 0. The largest absolute Gasteiger partial charge is 0.340 e. The molecule has 1 heterocycles. The highest BCUT2D eigenvalue weighted by Gasteiger charge is 2.44. The van der Waals surface area contributed by atoms with Gasteiger partial charge in [0.05, 0.1) is 0 Å². The highest BCUT2D eigenvalue weighted by molar-refractivity contribution is 5.94. The van der Waals surface area contributed by atoms with Crippen molar-refractivity contribution in [2.24, 2.45) is 5.41 Å². The Labute approximate surface area is 142 Å². The van der Waals surface area contributed by atoms with Crippen molar-refractivity contribution in [1.29, 1.82) is 0 Å². The van der Waals surface area contributed by atoms with E-state index in [-0.39, 0.29) is 23.0 Å². The molecule has 130 valence electrons. The van der Waals surface area contributed by atoms with Crippen LogP contribution in [0.3, 0.4) is 0 Å². The first-order chi connectivity index (χ1) is 11.6. The summed E-state index contributed by atoms with van der Waals surface area (Å²) in [5.74, 6) is -0.157. The smallest absolute Gasteiger partial charge is 0.253 e. The Bertz CT molecular complexity index is 605. The molecule has 0 unspecified atom stereocenters. The molecule has 1 aliphatic carbocycles. The molecule has 2 fully saturated rings. The molecule has 1 saturated carbocycles. The van der Waals surface area contributed by atoms with E-state index in [2.05, 4.69) is 6.92 Å². The third-order valence-electron chi connectivity index (χ3n) is 5.60. The number of halogens is 1. The van der Waals surface area contributed by atoms with E-state index in [0.717, 1.165) is 32.1 Å². The van der Waals surface area contributed by atoms with Crippen LogP contribution < -0.4 is 0 Å². The highest BCUT2D eigenvalue weighted by atomic mass is 19.1. The van der Waals surface area contributed by atoms with E-state index in [0.29, 0.717) is 31.7 Å². The molecule has 1 aromatic rings. The zero-order valence-electron chi connectivity index (χ0n) is 14.3. The lowest BCUT2D eigenvalue weighted by Gasteiger charge is -2.42. The Morgan fingerprint density at radius 3 is 2.21 bits per heavy atom. The lowest BCUT2D eigenvalue weighted by Crippen LogP contribution is -2.48. The van der Waals surface area contributed by atoms with Crippen molar-refractivity contribution in [2.75, 3.05) is 26.2 Å². The van der Waals surface area contributed by atoms with E-state index in [1.165, 1.54) is 24.3 Å². The lowest BCUT2D eigenvalue weighted by molar-refractivity contribution is -0.147. The van der Waals surface area contributed by atoms with E-state index in [1.807, 2.05) is 4.90 Å². The summed E-state index contributed by atoms with van der Waals surface area (Å²) in [6.07, 6.45) is 4.83. The standard InChI is InChI=1S/C19H25FN2O2/c1-2-19(9-3-10-19)18(24)22-12-4-11-21(13-14-22)17(23)15-5-7-16(20)8-6-15/h5-8H,2-4,9-14H2,1H3. The van der Waals surface area contributed by atoms with Crippen LogP contribution in [0, 0.1) is 11.2 Å². The first kappa shape index (κ1) is 16.9. The van der Waals surface area contributed by atoms with Gasteiger partial charge in [0.15, 0.2) is 0 Å². The zero-order valence-corrected chi connectivity index (χ0v) is 14.3. The SMILES string of the molecule is CCC1(C(=O)N2CCCN(C(=O)c3ccc(F)cc3)CC2)CCC1. The molecule has 0 aromatic heterocycles. The van der Waals surface area contributed by atoms with Gasteiger partial charge in [-0.1, -0.05) is 13.3 Å². The molecule has 1 aliphatic heterocycles. The molecule has 0 N–H and O–H groups in total. The molecular weight excluding hydrogens is 307 g/mol. The number of amides is 2. The van der Waals surface area contributed by atoms with Gasteiger partial charge in [0.1, 0.15) is 5.82 Å². The highest BCUT2D eigenvalue weighted by Crippen LogP contribution is 2.45. The van der Waals surface area contributed by atoms with Crippen molar-refractivity contribution >= 4 is 11.8 Å². The fourth-order valence-corrected chi connectivity index (χ4v) is 3.76. The first-order valence-electron chi connectivity index (χ1n) is 8.90. The predicted octanol–water partition coefficient (Wildman–Crippen LogP) is 3.08. The molecule has 0 bridgehead atoms. The molecule has 0 atom stereocenters. The summed E-state index contributed by atoms with van der Waals surface area (Å²) in [5, 5.41) is 0. The Hall–Kier alpha value is -1.91. The maximum absolute atomic E-state index is 13.0. The number of hydrogen-bond acceptors (Lipinski definition) is 2. The molecule has 1 aromatic carbocycles. The van der Waals surface area contributed by atoms with Gasteiger partial charge < -0.3 is 9.80 Å². The second-order valence-corrected chi connectivity index (χ2v) is 6.93. The summed E-state index contributed by atoms with van der Waals surface area (Å²) in [6, 6.07) is 5.66. The number of carbonyl (C=O) groups excluding carboxylic acids is 2. The van der Waals surface area contributed by atoms with Crippen LogP contribution in [0.1, 0.15) is 49.4 Å². The van der Waals surface area contributed by atoms with E-state index < -0.39 is 0 Å². The topological polar surface area (TPSA) is 40.6 Å². The monoisotopic (exact) mass is 332 g/mol. The average molecular weight is 332 g/mol. The fourth-order valence-electron chi connectivity index (χ4n) is 3.76. The van der Waals surface area contributed by atoms with Crippen molar-refractivity contribution < 1.29 is 14.0 Å². The van der Waals surface area contributed by atoms with Crippen LogP contribution in [0.25, 0.3) is 0 Å². The number of benzene rings is 1. The van der Waals surface area contributed by atoms with Crippen molar-refractivity contribution in [3.63, 3.8) is 0 Å². The number of rotatable bonds is 3. The van der Waals surface area contributed by atoms with Crippen LogP contribution in [-0.2, 0) is 4.79 Å². The molecule has 3 rings (SSSR count). The van der Waals surface area contributed by atoms with Crippen molar-refractivity contribution in [3.05, 3.63) is 35.6 Å².